The SMILES string of the molecule is O=C(COc1cc(F)cc(F)c1)N1CCCc2ncccc2C1. The van der Waals surface area contributed by atoms with Crippen LogP contribution >= 0.6 is 0 Å². The molecule has 6 heteroatoms. The highest BCUT2D eigenvalue weighted by Gasteiger charge is 2.20. The number of nitrogens with zero attached hydrogens (tertiary/aromatic N) is 2. The monoisotopic (exact) mass is 318 g/mol. The van der Waals surface area contributed by atoms with Gasteiger partial charge in [-0.15, -0.1) is 0 Å². The van der Waals surface area contributed by atoms with E-state index in [0.29, 0.717) is 13.1 Å². The van der Waals surface area contributed by atoms with Crippen LogP contribution in [0.5, 0.6) is 5.75 Å². The van der Waals surface area contributed by atoms with Crippen molar-refractivity contribution in [2.45, 2.75) is 19.4 Å². The molecule has 0 saturated carbocycles. The Morgan fingerprint density at radius 3 is 2.83 bits per heavy atom. The predicted octanol–water partition coefficient (Wildman–Crippen LogP) is 2.71. The van der Waals surface area contributed by atoms with Gasteiger partial charge in [0.25, 0.3) is 5.91 Å². The molecule has 2 aromatic rings. The average molecular weight is 318 g/mol. The Balaban J connectivity index is 1.64. The summed E-state index contributed by atoms with van der Waals surface area (Å²) in [6.07, 6.45) is 3.40. The summed E-state index contributed by atoms with van der Waals surface area (Å²) in [5.41, 5.74) is 2.03. The molecule has 0 N–H and O–H groups in total. The van der Waals surface area contributed by atoms with Gasteiger partial charge in [-0.25, -0.2) is 8.78 Å². The van der Waals surface area contributed by atoms with E-state index in [4.69, 9.17) is 4.74 Å². The second-order valence-corrected chi connectivity index (χ2v) is 5.42. The van der Waals surface area contributed by atoms with Crippen LogP contribution in [0.15, 0.2) is 36.5 Å². The molecule has 0 radical (unpaired) electrons. The fourth-order valence-electron chi connectivity index (χ4n) is 2.62. The number of rotatable bonds is 3. The van der Waals surface area contributed by atoms with Crippen molar-refractivity contribution in [3.05, 3.63) is 59.4 Å². The smallest absolute Gasteiger partial charge is 0.260 e. The van der Waals surface area contributed by atoms with Crippen LogP contribution in [0.2, 0.25) is 0 Å². The van der Waals surface area contributed by atoms with Gasteiger partial charge in [-0.1, -0.05) is 6.07 Å². The minimum Gasteiger partial charge on any atom is -0.484 e. The lowest BCUT2D eigenvalue weighted by Gasteiger charge is -2.21. The number of pyridine rings is 1. The van der Waals surface area contributed by atoms with Crippen molar-refractivity contribution in [1.82, 2.24) is 9.88 Å². The van der Waals surface area contributed by atoms with Gasteiger partial charge in [0, 0.05) is 43.2 Å². The van der Waals surface area contributed by atoms with Crippen molar-refractivity contribution in [3.8, 4) is 5.75 Å². The molecule has 0 spiro atoms. The van der Waals surface area contributed by atoms with Crippen molar-refractivity contribution in [3.63, 3.8) is 0 Å². The number of hydrogen-bond donors (Lipinski definition) is 0. The molecule has 1 amide bonds. The fraction of sp³-hybridized carbons (Fsp3) is 0.294. The van der Waals surface area contributed by atoms with E-state index in [9.17, 15) is 13.6 Å². The number of ether oxygens (including phenoxy) is 1. The number of fused-ring (bicyclic) bond motifs is 1. The normalized spacial score (nSPS) is 14.1. The zero-order valence-corrected chi connectivity index (χ0v) is 12.5. The largest absolute Gasteiger partial charge is 0.484 e. The Morgan fingerprint density at radius 2 is 2.04 bits per heavy atom. The third kappa shape index (κ3) is 3.83. The van der Waals surface area contributed by atoms with Crippen molar-refractivity contribution >= 4 is 5.91 Å². The third-order valence-electron chi connectivity index (χ3n) is 3.74. The molecule has 0 fully saturated rings. The number of aryl methyl sites for hydroxylation is 1. The third-order valence-corrected chi connectivity index (χ3v) is 3.74. The Kier molecular flexibility index (Phi) is 4.50. The topological polar surface area (TPSA) is 42.4 Å². The maximum Gasteiger partial charge on any atom is 0.260 e. The summed E-state index contributed by atoms with van der Waals surface area (Å²) in [5.74, 6) is -1.68. The number of carbonyl (C=O) groups excluding carboxylic acids is 1. The molecule has 1 aliphatic rings. The Morgan fingerprint density at radius 1 is 1.26 bits per heavy atom. The molecule has 0 atom stereocenters. The first kappa shape index (κ1) is 15.4. The maximum absolute atomic E-state index is 13.1. The molecule has 1 aliphatic heterocycles. The fourth-order valence-corrected chi connectivity index (χ4v) is 2.62. The zero-order valence-electron chi connectivity index (χ0n) is 12.5. The van der Waals surface area contributed by atoms with E-state index in [0.717, 1.165) is 42.3 Å². The van der Waals surface area contributed by atoms with Crippen LogP contribution in [0.1, 0.15) is 17.7 Å². The molecular weight excluding hydrogens is 302 g/mol. The molecule has 23 heavy (non-hydrogen) atoms. The summed E-state index contributed by atoms with van der Waals surface area (Å²) in [4.78, 5) is 18.3. The van der Waals surface area contributed by atoms with Gasteiger partial charge < -0.3 is 9.64 Å². The Labute approximate surface area is 132 Å². The first-order chi connectivity index (χ1) is 11.1. The summed E-state index contributed by atoms with van der Waals surface area (Å²) in [6, 6.07) is 6.67. The van der Waals surface area contributed by atoms with Crippen LogP contribution in [0.3, 0.4) is 0 Å². The van der Waals surface area contributed by atoms with E-state index in [2.05, 4.69) is 4.98 Å². The number of carbonyl (C=O) groups is 1. The average Bonchev–Trinajstić information content (AvgIpc) is 2.74. The number of amides is 1. The Hall–Kier alpha value is -2.50. The Bertz CT molecular complexity index is 701. The molecule has 1 aromatic heterocycles. The summed E-state index contributed by atoms with van der Waals surface area (Å²) in [6.45, 7) is 0.831. The standard InChI is InChI=1S/C17H16F2N2O2/c18-13-7-14(19)9-15(8-13)23-11-17(22)21-6-2-4-16-12(10-21)3-1-5-20-16/h1,3,5,7-9H,2,4,6,10-11H2. The highest BCUT2D eigenvalue weighted by Crippen LogP contribution is 2.18. The highest BCUT2D eigenvalue weighted by atomic mass is 19.1. The van der Waals surface area contributed by atoms with Gasteiger partial charge in [-0.2, -0.15) is 0 Å². The summed E-state index contributed by atoms with van der Waals surface area (Å²) in [5, 5.41) is 0. The van der Waals surface area contributed by atoms with E-state index in [-0.39, 0.29) is 18.3 Å². The molecule has 0 bridgehead atoms. The van der Waals surface area contributed by atoms with Crippen molar-refractivity contribution in [1.29, 1.82) is 0 Å². The van der Waals surface area contributed by atoms with E-state index in [1.165, 1.54) is 0 Å². The molecule has 1 aromatic carbocycles. The lowest BCUT2D eigenvalue weighted by molar-refractivity contribution is -0.134. The molecular formula is C17H16F2N2O2. The van der Waals surface area contributed by atoms with E-state index >= 15 is 0 Å². The van der Waals surface area contributed by atoms with Gasteiger partial charge >= 0.3 is 0 Å². The van der Waals surface area contributed by atoms with Gasteiger partial charge in [-0.3, -0.25) is 9.78 Å². The highest BCUT2D eigenvalue weighted by molar-refractivity contribution is 5.77. The number of hydrogen-bond acceptors (Lipinski definition) is 3. The van der Waals surface area contributed by atoms with Crippen LogP contribution in [0, 0.1) is 11.6 Å². The predicted molar refractivity (Wildman–Crippen MR) is 79.8 cm³/mol. The van der Waals surface area contributed by atoms with Crippen LogP contribution in [0.25, 0.3) is 0 Å². The molecule has 2 heterocycles. The van der Waals surface area contributed by atoms with Crippen LogP contribution in [-0.4, -0.2) is 28.9 Å². The van der Waals surface area contributed by atoms with E-state index in [1.54, 1.807) is 11.1 Å². The molecule has 3 rings (SSSR count). The molecule has 0 unspecified atom stereocenters. The van der Waals surface area contributed by atoms with Gasteiger partial charge in [0.2, 0.25) is 0 Å². The quantitative estimate of drug-likeness (QED) is 0.874. The summed E-state index contributed by atoms with van der Waals surface area (Å²) < 4.78 is 31.4. The van der Waals surface area contributed by atoms with Crippen LogP contribution in [0.4, 0.5) is 8.78 Å². The molecule has 0 aliphatic carbocycles. The second kappa shape index (κ2) is 6.73. The van der Waals surface area contributed by atoms with Gasteiger partial charge in [0.05, 0.1) is 0 Å². The summed E-state index contributed by atoms with van der Waals surface area (Å²) in [7, 11) is 0. The van der Waals surface area contributed by atoms with Gasteiger partial charge in [-0.05, 0) is 24.5 Å². The number of aromatic nitrogens is 1. The van der Waals surface area contributed by atoms with Gasteiger partial charge in [0.1, 0.15) is 17.4 Å². The van der Waals surface area contributed by atoms with Crippen LogP contribution < -0.4 is 4.74 Å². The molecule has 0 saturated heterocycles. The lowest BCUT2D eigenvalue weighted by Crippen LogP contribution is -2.34. The van der Waals surface area contributed by atoms with Crippen molar-refractivity contribution in [2.75, 3.05) is 13.2 Å². The second-order valence-electron chi connectivity index (χ2n) is 5.42. The lowest BCUT2D eigenvalue weighted by atomic mass is 10.1. The van der Waals surface area contributed by atoms with Gasteiger partial charge in [0.15, 0.2) is 6.61 Å². The summed E-state index contributed by atoms with van der Waals surface area (Å²) >= 11 is 0. The first-order valence-electron chi connectivity index (χ1n) is 7.41. The first-order valence-corrected chi connectivity index (χ1v) is 7.41. The van der Waals surface area contributed by atoms with Crippen molar-refractivity contribution < 1.29 is 18.3 Å². The number of halogens is 2. The van der Waals surface area contributed by atoms with Crippen molar-refractivity contribution in [2.24, 2.45) is 0 Å². The van der Waals surface area contributed by atoms with E-state index in [1.807, 2.05) is 12.1 Å². The number of benzene rings is 1. The minimum atomic E-state index is -0.734. The van der Waals surface area contributed by atoms with Crippen LogP contribution in [-0.2, 0) is 17.8 Å². The van der Waals surface area contributed by atoms with E-state index < -0.39 is 11.6 Å². The minimum absolute atomic E-state index is 0.00717. The molecule has 120 valence electrons. The zero-order chi connectivity index (χ0) is 16.2. The molecule has 4 nitrogen and oxygen atoms in total. The maximum atomic E-state index is 13.1.